The lowest BCUT2D eigenvalue weighted by molar-refractivity contribution is 0.156. The molecule has 2 aromatic carbocycles. The van der Waals surface area contributed by atoms with E-state index in [0.717, 1.165) is 87.0 Å². The van der Waals surface area contributed by atoms with Crippen molar-refractivity contribution < 1.29 is 13.2 Å². The van der Waals surface area contributed by atoms with Crippen molar-refractivity contribution in [2.45, 2.75) is 134 Å². The highest BCUT2D eigenvalue weighted by Crippen LogP contribution is 2.55. The minimum absolute atomic E-state index is 0.0608. The number of unbranched alkanes of at least 4 members (excludes halogenated alkanes) is 2. The maximum absolute atomic E-state index is 15.9. The van der Waals surface area contributed by atoms with Crippen LogP contribution in [0.1, 0.15) is 145 Å². The Labute approximate surface area is 252 Å². The smallest absolute Gasteiger partial charge is 0.167 e. The summed E-state index contributed by atoms with van der Waals surface area (Å²) in [6, 6.07) is 5.79. The van der Waals surface area contributed by atoms with E-state index < -0.39 is 11.6 Å². The van der Waals surface area contributed by atoms with Crippen LogP contribution < -0.4 is 0 Å². The molecular weight excluding hydrogens is 525 g/mol. The third-order valence-electron chi connectivity index (χ3n) is 12.0. The molecule has 0 saturated heterocycles. The van der Waals surface area contributed by atoms with E-state index in [2.05, 4.69) is 13.5 Å². The first kappa shape index (κ1) is 30.0. The molecule has 3 saturated carbocycles. The van der Waals surface area contributed by atoms with Crippen LogP contribution in [0.3, 0.4) is 0 Å². The van der Waals surface area contributed by atoms with Gasteiger partial charge in [0.1, 0.15) is 5.82 Å². The Bertz CT molecular complexity index is 1240. The predicted molar refractivity (Wildman–Crippen MR) is 169 cm³/mol. The quantitative estimate of drug-likeness (QED) is 0.166. The normalized spacial score (nSPS) is 29.0. The maximum Gasteiger partial charge on any atom is 0.167 e. The SMILES string of the molecule is C=CCCC1CCC(C2CCC(c3cc4c(c(F)c3F)-c3c-4ccc(C4CCC(CCCCC)CC4)c3F)CC2)CC1. The lowest BCUT2D eigenvalue weighted by Gasteiger charge is -2.38. The van der Waals surface area contributed by atoms with Gasteiger partial charge in [0, 0.05) is 11.1 Å². The Kier molecular flexibility index (Phi) is 9.51. The molecule has 0 heterocycles. The van der Waals surface area contributed by atoms with Gasteiger partial charge in [-0.2, -0.15) is 0 Å². The van der Waals surface area contributed by atoms with Crippen LogP contribution >= 0.6 is 0 Å². The molecule has 0 unspecified atom stereocenters. The summed E-state index contributed by atoms with van der Waals surface area (Å²) in [6.45, 7) is 6.11. The van der Waals surface area contributed by atoms with Crippen molar-refractivity contribution in [1.29, 1.82) is 0 Å². The van der Waals surface area contributed by atoms with Crippen LogP contribution in [0.5, 0.6) is 0 Å². The Morgan fingerprint density at radius 2 is 1.21 bits per heavy atom. The summed E-state index contributed by atoms with van der Waals surface area (Å²) < 4.78 is 47.1. The maximum atomic E-state index is 15.9. The van der Waals surface area contributed by atoms with Gasteiger partial charge in [-0.1, -0.05) is 63.7 Å². The standard InChI is InChI=1S/C39H51F3/c1-3-5-7-9-26-12-16-29(17-13-26)31-22-23-32-34-24-33(38(41)39(42)36(34)35(32)37(31)40)30-20-18-28(19-21-30)27-14-10-25(11-15-27)8-6-4-2/h4,22-30H,2-3,5-21H2,1H3. The molecular formula is C39H51F3. The zero-order chi connectivity index (χ0) is 29.2. The van der Waals surface area contributed by atoms with Gasteiger partial charge in [0.25, 0.3) is 0 Å². The van der Waals surface area contributed by atoms with Gasteiger partial charge >= 0.3 is 0 Å². The first-order valence-electron chi connectivity index (χ1n) is 17.5. The molecule has 3 fully saturated rings. The number of rotatable bonds is 10. The van der Waals surface area contributed by atoms with Crippen molar-refractivity contribution in [3.63, 3.8) is 0 Å². The van der Waals surface area contributed by atoms with Crippen LogP contribution in [0.4, 0.5) is 13.2 Å². The zero-order valence-corrected chi connectivity index (χ0v) is 25.8. The van der Waals surface area contributed by atoms with Crippen LogP contribution in [0.2, 0.25) is 0 Å². The molecule has 2 aromatic rings. The summed E-state index contributed by atoms with van der Waals surface area (Å²) in [4.78, 5) is 0. The van der Waals surface area contributed by atoms with Gasteiger partial charge in [-0.15, -0.1) is 6.58 Å². The van der Waals surface area contributed by atoms with E-state index in [1.54, 1.807) is 0 Å². The van der Waals surface area contributed by atoms with Crippen molar-refractivity contribution >= 4 is 0 Å². The highest BCUT2D eigenvalue weighted by molar-refractivity contribution is 6.03. The fourth-order valence-electron chi connectivity index (χ4n) is 9.36. The summed E-state index contributed by atoms with van der Waals surface area (Å²) in [5.74, 6) is 1.51. The number of halogens is 3. The minimum Gasteiger partial charge on any atom is -0.206 e. The first-order valence-corrected chi connectivity index (χ1v) is 17.5. The number of benzene rings is 2. The van der Waals surface area contributed by atoms with Gasteiger partial charge in [-0.25, -0.2) is 13.2 Å². The van der Waals surface area contributed by atoms with Gasteiger partial charge in [-0.05, 0) is 141 Å². The fourth-order valence-corrected chi connectivity index (χ4v) is 9.36. The van der Waals surface area contributed by atoms with Gasteiger partial charge in [0.2, 0.25) is 0 Å². The lowest BCUT2D eigenvalue weighted by atomic mass is 9.67. The second-order valence-electron chi connectivity index (χ2n) is 14.4. The molecule has 6 rings (SSSR count). The molecule has 0 aromatic heterocycles. The summed E-state index contributed by atoms with van der Waals surface area (Å²) >= 11 is 0. The summed E-state index contributed by atoms with van der Waals surface area (Å²) in [7, 11) is 0. The second-order valence-corrected chi connectivity index (χ2v) is 14.4. The fraction of sp³-hybridized carbons (Fsp3) is 0.641. The molecule has 42 heavy (non-hydrogen) atoms. The Morgan fingerprint density at radius 1 is 0.643 bits per heavy atom. The molecule has 0 aliphatic heterocycles. The van der Waals surface area contributed by atoms with E-state index in [0.29, 0.717) is 22.3 Å². The van der Waals surface area contributed by atoms with Gasteiger partial charge in [0.05, 0.1) is 0 Å². The highest BCUT2D eigenvalue weighted by Gasteiger charge is 2.38. The van der Waals surface area contributed by atoms with Gasteiger partial charge in [-0.3, -0.25) is 0 Å². The average Bonchev–Trinajstić information content (AvgIpc) is 3.01. The number of fused-ring (bicyclic) bond motifs is 4. The first-order chi connectivity index (χ1) is 20.5. The van der Waals surface area contributed by atoms with Crippen LogP contribution in [0, 0.1) is 41.1 Å². The van der Waals surface area contributed by atoms with E-state index in [1.807, 2.05) is 24.3 Å². The minimum atomic E-state index is -0.828. The predicted octanol–water partition coefficient (Wildman–Crippen LogP) is 12.7. The summed E-state index contributed by atoms with van der Waals surface area (Å²) in [5, 5.41) is 0. The van der Waals surface area contributed by atoms with Crippen molar-refractivity contribution in [1.82, 2.24) is 0 Å². The molecule has 0 N–H and O–H groups in total. The van der Waals surface area contributed by atoms with E-state index in [-0.39, 0.29) is 23.2 Å². The second kappa shape index (κ2) is 13.3. The average molecular weight is 577 g/mol. The zero-order valence-electron chi connectivity index (χ0n) is 25.8. The van der Waals surface area contributed by atoms with Crippen molar-refractivity contribution in [2.24, 2.45) is 23.7 Å². The number of hydrogen-bond donors (Lipinski definition) is 0. The van der Waals surface area contributed by atoms with Crippen LogP contribution in [-0.2, 0) is 0 Å². The van der Waals surface area contributed by atoms with E-state index in [4.69, 9.17) is 0 Å². The van der Waals surface area contributed by atoms with Crippen LogP contribution in [-0.4, -0.2) is 0 Å². The van der Waals surface area contributed by atoms with E-state index in [9.17, 15) is 0 Å². The third-order valence-corrected chi connectivity index (χ3v) is 12.0. The molecule has 4 aliphatic carbocycles. The Balaban J connectivity index is 1.10. The molecule has 0 radical (unpaired) electrons. The molecule has 0 amide bonds. The van der Waals surface area contributed by atoms with Crippen molar-refractivity contribution in [3.8, 4) is 22.3 Å². The molecule has 0 atom stereocenters. The Hall–Kier alpha value is -2.03. The summed E-state index contributed by atoms with van der Waals surface area (Å²) in [5.41, 5.74) is 3.21. The molecule has 3 heteroatoms. The number of hydrogen-bond acceptors (Lipinski definition) is 0. The van der Waals surface area contributed by atoms with E-state index in [1.165, 1.54) is 57.8 Å². The topological polar surface area (TPSA) is 0 Å². The monoisotopic (exact) mass is 576 g/mol. The van der Waals surface area contributed by atoms with Crippen molar-refractivity contribution in [2.75, 3.05) is 0 Å². The van der Waals surface area contributed by atoms with Crippen molar-refractivity contribution in [3.05, 3.63) is 59.4 Å². The highest BCUT2D eigenvalue weighted by atomic mass is 19.2. The third kappa shape index (κ3) is 5.88. The van der Waals surface area contributed by atoms with Gasteiger partial charge < -0.3 is 0 Å². The lowest BCUT2D eigenvalue weighted by Crippen LogP contribution is -2.26. The van der Waals surface area contributed by atoms with Crippen LogP contribution in [0.25, 0.3) is 22.3 Å². The number of allylic oxidation sites excluding steroid dienone is 1. The Morgan fingerprint density at radius 3 is 1.88 bits per heavy atom. The van der Waals surface area contributed by atoms with Gasteiger partial charge in [0.15, 0.2) is 11.6 Å². The molecule has 228 valence electrons. The molecule has 4 aliphatic rings. The molecule has 0 nitrogen and oxygen atoms in total. The molecule has 0 spiro atoms. The summed E-state index contributed by atoms with van der Waals surface area (Å²) in [6.07, 6.45) is 23.2. The molecule has 0 bridgehead atoms. The van der Waals surface area contributed by atoms with E-state index >= 15 is 13.2 Å². The van der Waals surface area contributed by atoms with Crippen LogP contribution in [0.15, 0.2) is 30.9 Å². The largest absolute Gasteiger partial charge is 0.206 e.